The van der Waals surface area contributed by atoms with Gasteiger partial charge in [-0.2, -0.15) is 0 Å². The van der Waals surface area contributed by atoms with Crippen LogP contribution in [0.25, 0.3) is 0 Å². The van der Waals surface area contributed by atoms with Gasteiger partial charge in [0, 0.05) is 19.3 Å². The van der Waals surface area contributed by atoms with Crippen LogP contribution >= 0.6 is 0 Å². The van der Waals surface area contributed by atoms with Crippen molar-refractivity contribution in [1.82, 2.24) is 0 Å². The number of nitrogens with zero attached hydrogens (tertiary/aromatic N) is 2. The molecule has 2 nitrogen and oxygen atoms in total. The minimum absolute atomic E-state index is 1.01. The minimum Gasteiger partial charge on any atom is -0.309 e. The zero-order chi connectivity index (χ0) is 44.4. The lowest BCUT2D eigenvalue weighted by Crippen LogP contribution is -2.26. The SMILES string of the molecule is CC.CC.CC.CC.CC.CC.Cc1cccc(C)c1N1c2c(C)cccc2Cc2cccc(C)c21.Cc1cccc2c1N1c3c(C)cccc3Cc3cccc(c31)C2. The van der Waals surface area contributed by atoms with Crippen molar-refractivity contribution in [2.24, 2.45) is 0 Å². The predicted molar refractivity (Wildman–Crippen MR) is 267 cm³/mol. The number of para-hydroxylation sites is 6. The summed E-state index contributed by atoms with van der Waals surface area (Å²) in [6.45, 7) is 37.4. The first-order valence-corrected chi connectivity index (χ1v) is 22.9. The van der Waals surface area contributed by atoms with Gasteiger partial charge >= 0.3 is 0 Å². The zero-order valence-corrected chi connectivity index (χ0v) is 40.4. The summed E-state index contributed by atoms with van der Waals surface area (Å²) in [5.41, 5.74) is 24.9. The zero-order valence-electron chi connectivity index (χ0n) is 40.4. The van der Waals surface area contributed by atoms with E-state index in [0.717, 1.165) is 19.3 Å². The van der Waals surface area contributed by atoms with Crippen LogP contribution in [0.1, 0.15) is 150 Å². The Kier molecular flexibility index (Phi) is 21.0. The van der Waals surface area contributed by atoms with Gasteiger partial charge in [0.1, 0.15) is 0 Å². The van der Waals surface area contributed by atoms with Gasteiger partial charge in [0.05, 0.1) is 34.1 Å². The molecule has 0 aromatic heterocycles. The van der Waals surface area contributed by atoms with Crippen LogP contribution in [-0.2, 0) is 19.3 Å². The van der Waals surface area contributed by atoms with E-state index in [1.807, 2.05) is 83.1 Å². The second-order valence-electron chi connectivity index (χ2n) is 13.7. The summed E-state index contributed by atoms with van der Waals surface area (Å²) in [6, 6.07) is 40.1. The Hall–Kier alpha value is -5.08. The number of rotatable bonds is 1. The highest BCUT2D eigenvalue weighted by molar-refractivity contribution is 5.92. The average Bonchev–Trinajstić information content (AvgIpc) is 3.28. The molecule has 0 unspecified atom stereocenters. The van der Waals surface area contributed by atoms with E-state index in [1.54, 1.807) is 0 Å². The summed E-state index contributed by atoms with van der Waals surface area (Å²) in [5, 5.41) is 0. The van der Waals surface area contributed by atoms with Gasteiger partial charge in [-0.05, 0) is 108 Å². The van der Waals surface area contributed by atoms with Crippen LogP contribution in [0.2, 0.25) is 0 Å². The maximum atomic E-state index is 2.53. The maximum absolute atomic E-state index is 2.53. The molecule has 3 aliphatic heterocycles. The van der Waals surface area contributed by atoms with Gasteiger partial charge in [-0.25, -0.2) is 0 Å². The minimum atomic E-state index is 1.01. The van der Waals surface area contributed by atoms with E-state index in [-0.39, 0.29) is 0 Å². The first-order valence-electron chi connectivity index (χ1n) is 22.9. The van der Waals surface area contributed by atoms with Crippen LogP contribution in [-0.4, -0.2) is 0 Å². The first kappa shape index (κ1) is 50.1. The molecule has 0 saturated heterocycles. The van der Waals surface area contributed by atoms with Crippen molar-refractivity contribution in [2.75, 3.05) is 9.80 Å². The van der Waals surface area contributed by atoms with Crippen molar-refractivity contribution >= 4 is 34.1 Å². The van der Waals surface area contributed by atoms with Gasteiger partial charge in [0.25, 0.3) is 0 Å². The van der Waals surface area contributed by atoms with E-state index in [0.29, 0.717) is 0 Å². The molecule has 6 aromatic carbocycles. The molecule has 9 rings (SSSR count). The Morgan fingerprint density at radius 3 is 0.661 bits per heavy atom. The van der Waals surface area contributed by atoms with Crippen molar-refractivity contribution in [2.45, 2.75) is 144 Å². The Morgan fingerprint density at radius 2 is 0.407 bits per heavy atom. The number of hydrogen-bond acceptors (Lipinski definition) is 2. The quantitative estimate of drug-likeness (QED) is 0.163. The Morgan fingerprint density at radius 1 is 0.237 bits per heavy atom. The molecule has 0 N–H and O–H groups in total. The van der Waals surface area contributed by atoms with Crippen LogP contribution in [0.4, 0.5) is 34.1 Å². The van der Waals surface area contributed by atoms with Gasteiger partial charge in [-0.1, -0.05) is 192 Å². The third-order valence-electron chi connectivity index (χ3n) is 10.4. The van der Waals surface area contributed by atoms with Gasteiger partial charge in [-0.15, -0.1) is 0 Å². The number of benzene rings is 6. The Bertz CT molecular complexity index is 1990. The van der Waals surface area contributed by atoms with Crippen molar-refractivity contribution in [3.05, 3.63) is 176 Å². The van der Waals surface area contributed by atoms with Crippen molar-refractivity contribution in [1.29, 1.82) is 0 Å². The highest BCUT2D eigenvalue weighted by Gasteiger charge is 2.33. The molecule has 59 heavy (non-hydrogen) atoms. The van der Waals surface area contributed by atoms with E-state index in [1.165, 1.54) is 101 Å². The monoisotopic (exact) mass is 791 g/mol. The summed E-state index contributed by atoms with van der Waals surface area (Å²) in [5.74, 6) is 0. The topological polar surface area (TPSA) is 6.48 Å². The molecule has 2 heteroatoms. The third-order valence-corrected chi connectivity index (χ3v) is 10.4. The van der Waals surface area contributed by atoms with E-state index >= 15 is 0 Å². The van der Waals surface area contributed by atoms with Crippen LogP contribution in [0.15, 0.2) is 109 Å². The Balaban J connectivity index is 0.000000325. The summed E-state index contributed by atoms with van der Waals surface area (Å²) in [6.07, 6.45) is 3.09. The smallest absolute Gasteiger partial charge is 0.0532 e. The van der Waals surface area contributed by atoms with Crippen LogP contribution in [0, 0.1) is 41.5 Å². The second-order valence-corrected chi connectivity index (χ2v) is 13.7. The van der Waals surface area contributed by atoms with Gasteiger partial charge in [-0.3, -0.25) is 0 Å². The molecular formula is C57H78N2. The summed E-state index contributed by atoms with van der Waals surface area (Å²) in [7, 11) is 0. The molecule has 0 saturated carbocycles. The summed E-state index contributed by atoms with van der Waals surface area (Å²) >= 11 is 0. The average molecular weight is 791 g/mol. The van der Waals surface area contributed by atoms with Crippen LogP contribution in [0.3, 0.4) is 0 Å². The number of hydrogen-bond donors (Lipinski definition) is 0. The van der Waals surface area contributed by atoms with Gasteiger partial charge in [0.15, 0.2) is 0 Å². The summed E-state index contributed by atoms with van der Waals surface area (Å²) < 4.78 is 0. The highest BCUT2D eigenvalue weighted by Crippen LogP contribution is 2.52. The molecule has 0 radical (unpaired) electrons. The van der Waals surface area contributed by atoms with Crippen molar-refractivity contribution < 1.29 is 0 Å². The molecule has 0 fully saturated rings. The van der Waals surface area contributed by atoms with Crippen LogP contribution in [0.5, 0.6) is 0 Å². The predicted octanol–water partition coefficient (Wildman–Crippen LogP) is 18.0. The van der Waals surface area contributed by atoms with Gasteiger partial charge in [0.2, 0.25) is 0 Å². The van der Waals surface area contributed by atoms with E-state index in [4.69, 9.17) is 0 Å². The third kappa shape index (κ3) is 10.4. The number of aryl methyl sites for hydroxylation is 6. The molecule has 316 valence electrons. The van der Waals surface area contributed by atoms with Crippen molar-refractivity contribution in [3.63, 3.8) is 0 Å². The maximum Gasteiger partial charge on any atom is 0.0532 e. The lowest BCUT2D eigenvalue weighted by atomic mass is 9.84. The van der Waals surface area contributed by atoms with E-state index in [2.05, 4.69) is 161 Å². The van der Waals surface area contributed by atoms with Gasteiger partial charge < -0.3 is 9.80 Å². The fraction of sp³-hybridized carbons (Fsp3) is 0.368. The van der Waals surface area contributed by atoms with Crippen LogP contribution < -0.4 is 9.80 Å². The molecule has 0 spiro atoms. The normalized spacial score (nSPS) is 11.3. The molecule has 0 atom stereocenters. The molecule has 6 aromatic rings. The second kappa shape index (κ2) is 24.8. The lowest BCUT2D eigenvalue weighted by Gasteiger charge is -2.41. The molecule has 0 aliphatic carbocycles. The first-order chi connectivity index (χ1) is 28.8. The molecule has 3 heterocycles. The molecular weight excluding hydrogens is 713 g/mol. The summed E-state index contributed by atoms with van der Waals surface area (Å²) in [4.78, 5) is 5.04. The van der Waals surface area contributed by atoms with E-state index in [9.17, 15) is 0 Å². The van der Waals surface area contributed by atoms with E-state index < -0.39 is 0 Å². The standard InChI is InChI=1S/C23H23N.C22H19N.6C2H6/c1-15-8-5-9-16(2)21(15)24-22-17(3)10-6-12-19(22)14-20-13-7-11-18(4)23(20)24;1-14-6-3-8-16-12-18-10-5-11-19-13-17-9-4-7-15(2)21(17)23(20(14)16)22(18)19;6*1-2/h5-13H,14H2,1-4H3;3-11H,12-13H2,1-2H3;6*1-2H3. The fourth-order valence-electron chi connectivity index (χ4n) is 8.39. The lowest BCUT2D eigenvalue weighted by molar-refractivity contribution is 0.998. The number of anilines is 6. The highest BCUT2D eigenvalue weighted by atomic mass is 15.2. The largest absolute Gasteiger partial charge is 0.309 e. The Labute approximate surface area is 362 Å². The van der Waals surface area contributed by atoms with Crippen molar-refractivity contribution in [3.8, 4) is 0 Å². The molecule has 0 bridgehead atoms. The molecule has 0 amide bonds. The molecule has 3 aliphatic rings. The fourth-order valence-corrected chi connectivity index (χ4v) is 8.39. The number of fused-ring (bicyclic) bond motifs is 6.